The Morgan fingerprint density at radius 1 is 1.00 bits per heavy atom. The van der Waals surface area contributed by atoms with E-state index in [0.29, 0.717) is 17.1 Å². The number of carbonyl (C=O) groups excluding carboxylic acids is 1. The summed E-state index contributed by atoms with van der Waals surface area (Å²) >= 11 is 0. The minimum absolute atomic E-state index is 0.0124. The summed E-state index contributed by atoms with van der Waals surface area (Å²) < 4.78 is 0. The van der Waals surface area contributed by atoms with Crippen molar-refractivity contribution in [2.75, 3.05) is 0 Å². The molecule has 21 heavy (non-hydrogen) atoms. The third-order valence-electron chi connectivity index (χ3n) is 8.35. The third kappa shape index (κ3) is 1.84. The van der Waals surface area contributed by atoms with E-state index in [-0.39, 0.29) is 11.5 Å². The van der Waals surface area contributed by atoms with Crippen molar-refractivity contribution in [1.29, 1.82) is 0 Å². The van der Waals surface area contributed by atoms with E-state index in [4.69, 9.17) is 0 Å². The molecule has 1 N–H and O–H groups in total. The van der Waals surface area contributed by atoms with E-state index in [9.17, 15) is 9.90 Å². The summed E-state index contributed by atoms with van der Waals surface area (Å²) in [7, 11) is 0. The van der Waals surface area contributed by atoms with E-state index in [1.165, 1.54) is 25.7 Å². The lowest BCUT2D eigenvalue weighted by Crippen LogP contribution is -2.54. The first-order chi connectivity index (χ1) is 9.95. The van der Waals surface area contributed by atoms with Crippen LogP contribution in [-0.2, 0) is 4.79 Å². The quantitative estimate of drug-likeness (QED) is 0.733. The number of aliphatic hydroxyl groups excluding tert-OH is 1. The number of aliphatic hydroxyl groups is 1. The Bertz CT molecular complexity index is 458. The van der Waals surface area contributed by atoms with Crippen molar-refractivity contribution >= 4 is 5.78 Å². The number of hydrogen-bond donors (Lipinski definition) is 1. The third-order valence-corrected chi connectivity index (χ3v) is 8.35. The van der Waals surface area contributed by atoms with Crippen LogP contribution >= 0.6 is 0 Å². The van der Waals surface area contributed by atoms with Crippen LogP contribution in [0.5, 0.6) is 0 Å². The van der Waals surface area contributed by atoms with Crippen LogP contribution in [0.1, 0.15) is 71.6 Å². The van der Waals surface area contributed by atoms with Crippen LogP contribution in [0.4, 0.5) is 0 Å². The highest BCUT2D eigenvalue weighted by Crippen LogP contribution is 2.65. The fourth-order valence-electron chi connectivity index (χ4n) is 7.01. The van der Waals surface area contributed by atoms with Gasteiger partial charge in [0, 0.05) is 11.8 Å². The smallest absolute Gasteiger partial charge is 0.139 e. The van der Waals surface area contributed by atoms with Crippen LogP contribution in [0.25, 0.3) is 0 Å². The Hall–Kier alpha value is -0.370. The molecule has 0 saturated heterocycles. The average Bonchev–Trinajstić information content (AvgIpc) is 2.76. The molecule has 0 bridgehead atoms. The van der Waals surface area contributed by atoms with Crippen molar-refractivity contribution in [1.82, 2.24) is 0 Å². The molecule has 0 aliphatic heterocycles. The average molecular weight is 290 g/mol. The van der Waals surface area contributed by atoms with Gasteiger partial charge in [-0.15, -0.1) is 0 Å². The van der Waals surface area contributed by atoms with Gasteiger partial charge >= 0.3 is 0 Å². The SMILES string of the molecule is CC12CCC(O)CC1CCC1C2CC[C@]2(C)C(=O)CCC12. The molecular formula is C19H30O2. The van der Waals surface area contributed by atoms with E-state index in [0.717, 1.165) is 49.9 Å². The first-order valence-corrected chi connectivity index (χ1v) is 9.16. The zero-order chi connectivity index (χ0) is 14.8. The molecule has 2 nitrogen and oxygen atoms in total. The number of fused-ring (bicyclic) bond motifs is 5. The van der Waals surface area contributed by atoms with Gasteiger partial charge in [0.15, 0.2) is 0 Å². The second-order valence-corrected chi connectivity index (χ2v) is 9.00. The maximum Gasteiger partial charge on any atom is 0.139 e. The van der Waals surface area contributed by atoms with E-state index < -0.39 is 0 Å². The van der Waals surface area contributed by atoms with Crippen LogP contribution in [0.3, 0.4) is 0 Å². The lowest BCUT2D eigenvalue weighted by Gasteiger charge is -2.60. The number of rotatable bonds is 0. The summed E-state index contributed by atoms with van der Waals surface area (Å²) in [5.41, 5.74) is 0.452. The number of ketones is 1. The summed E-state index contributed by atoms with van der Waals surface area (Å²) in [6.45, 7) is 4.78. The molecule has 118 valence electrons. The Morgan fingerprint density at radius 3 is 2.62 bits per heavy atom. The molecule has 0 spiro atoms. The van der Waals surface area contributed by atoms with E-state index in [2.05, 4.69) is 13.8 Å². The fraction of sp³-hybridized carbons (Fsp3) is 0.947. The van der Waals surface area contributed by atoms with Gasteiger partial charge in [0.05, 0.1) is 6.10 Å². The maximum atomic E-state index is 12.4. The molecule has 7 atom stereocenters. The highest BCUT2D eigenvalue weighted by atomic mass is 16.3. The van der Waals surface area contributed by atoms with E-state index >= 15 is 0 Å². The van der Waals surface area contributed by atoms with E-state index in [1.54, 1.807) is 0 Å². The van der Waals surface area contributed by atoms with Crippen molar-refractivity contribution in [3.8, 4) is 0 Å². The lowest BCUT2D eigenvalue weighted by atomic mass is 9.45. The molecule has 4 saturated carbocycles. The van der Waals surface area contributed by atoms with Gasteiger partial charge in [0.1, 0.15) is 5.78 Å². The van der Waals surface area contributed by atoms with Crippen LogP contribution < -0.4 is 0 Å². The van der Waals surface area contributed by atoms with Crippen LogP contribution in [0.15, 0.2) is 0 Å². The Labute approximate surface area is 128 Å². The molecule has 4 aliphatic rings. The molecule has 4 rings (SSSR count). The van der Waals surface area contributed by atoms with Crippen molar-refractivity contribution in [3.63, 3.8) is 0 Å². The molecule has 4 fully saturated rings. The Kier molecular flexibility index (Phi) is 3.10. The molecule has 0 amide bonds. The second-order valence-electron chi connectivity index (χ2n) is 9.00. The summed E-state index contributed by atoms with van der Waals surface area (Å²) in [5.74, 6) is 3.54. The van der Waals surface area contributed by atoms with Gasteiger partial charge in [0.2, 0.25) is 0 Å². The monoisotopic (exact) mass is 290 g/mol. The predicted octanol–water partition coefficient (Wildman–Crippen LogP) is 3.96. The Balaban J connectivity index is 1.64. The summed E-state index contributed by atoms with van der Waals surface area (Å²) in [5, 5.41) is 10.0. The van der Waals surface area contributed by atoms with Crippen LogP contribution in [0.2, 0.25) is 0 Å². The minimum Gasteiger partial charge on any atom is -0.393 e. The van der Waals surface area contributed by atoms with Gasteiger partial charge in [-0.1, -0.05) is 13.8 Å². The number of carbonyl (C=O) groups is 1. The molecule has 4 aliphatic carbocycles. The normalized spacial score (nSPS) is 56.5. The summed E-state index contributed by atoms with van der Waals surface area (Å²) in [6, 6.07) is 0. The van der Waals surface area contributed by atoms with Crippen molar-refractivity contribution in [2.24, 2.45) is 34.5 Å². The predicted molar refractivity (Wildman–Crippen MR) is 82.7 cm³/mol. The molecule has 0 aromatic heterocycles. The largest absolute Gasteiger partial charge is 0.393 e. The lowest BCUT2D eigenvalue weighted by molar-refractivity contribution is -0.142. The van der Waals surface area contributed by atoms with Gasteiger partial charge in [-0.25, -0.2) is 0 Å². The highest BCUT2D eigenvalue weighted by Gasteiger charge is 2.60. The van der Waals surface area contributed by atoms with Gasteiger partial charge in [0.25, 0.3) is 0 Å². The fourth-order valence-corrected chi connectivity index (χ4v) is 7.01. The molecule has 0 aromatic carbocycles. The molecule has 0 aromatic rings. The molecular weight excluding hydrogens is 260 g/mol. The van der Waals surface area contributed by atoms with Crippen LogP contribution in [-0.4, -0.2) is 17.0 Å². The topological polar surface area (TPSA) is 37.3 Å². The first kappa shape index (κ1) is 14.2. The zero-order valence-electron chi connectivity index (χ0n) is 13.6. The molecule has 0 heterocycles. The molecule has 6 unspecified atom stereocenters. The van der Waals surface area contributed by atoms with Gasteiger partial charge in [-0.05, 0) is 80.5 Å². The summed E-state index contributed by atoms with van der Waals surface area (Å²) in [4.78, 5) is 12.4. The standard InChI is InChI=1S/C19H30O2/c1-18-9-7-13(20)11-12(18)3-4-14-15-5-6-17(21)19(15,2)10-8-16(14)18/h12-16,20H,3-11H2,1-2H3/t12?,13?,14?,15?,16?,18?,19-/m0/s1. The second kappa shape index (κ2) is 4.57. The molecule has 2 heteroatoms. The van der Waals surface area contributed by atoms with Gasteiger partial charge in [-0.2, -0.15) is 0 Å². The van der Waals surface area contributed by atoms with Gasteiger partial charge in [-0.3, -0.25) is 4.79 Å². The van der Waals surface area contributed by atoms with Crippen molar-refractivity contribution < 1.29 is 9.90 Å². The van der Waals surface area contributed by atoms with Crippen LogP contribution in [0, 0.1) is 34.5 Å². The maximum absolute atomic E-state index is 12.4. The van der Waals surface area contributed by atoms with Gasteiger partial charge < -0.3 is 5.11 Å². The highest BCUT2D eigenvalue weighted by molar-refractivity contribution is 5.87. The zero-order valence-corrected chi connectivity index (χ0v) is 13.6. The number of hydrogen-bond acceptors (Lipinski definition) is 2. The summed E-state index contributed by atoms with van der Waals surface area (Å²) in [6.07, 6.45) is 10.1. The van der Waals surface area contributed by atoms with E-state index in [1.807, 2.05) is 0 Å². The first-order valence-electron chi connectivity index (χ1n) is 9.16. The van der Waals surface area contributed by atoms with Crippen molar-refractivity contribution in [2.45, 2.75) is 77.7 Å². The van der Waals surface area contributed by atoms with Crippen molar-refractivity contribution in [3.05, 3.63) is 0 Å². The Morgan fingerprint density at radius 2 is 1.81 bits per heavy atom. The molecule has 0 radical (unpaired) electrons. The minimum atomic E-state index is -0.0541. The number of Topliss-reactive ketones (excluding diaryl/α,β-unsaturated/α-hetero) is 1.